The maximum atomic E-state index is 11.1. The molecule has 0 fully saturated rings. The number of imidazole rings is 1. The van der Waals surface area contributed by atoms with Gasteiger partial charge in [0.15, 0.2) is 5.82 Å². The van der Waals surface area contributed by atoms with E-state index in [1.54, 1.807) is 19.0 Å². The molecule has 4 N–H and O–H groups in total. The van der Waals surface area contributed by atoms with Crippen LogP contribution in [-0.2, 0) is 4.79 Å². The van der Waals surface area contributed by atoms with Gasteiger partial charge in [-0.15, -0.1) is 0 Å². The van der Waals surface area contributed by atoms with Crippen LogP contribution in [0, 0.1) is 6.92 Å². The van der Waals surface area contributed by atoms with Crippen molar-refractivity contribution in [3.05, 3.63) is 5.82 Å². The third-order valence-electron chi connectivity index (χ3n) is 1.85. The van der Waals surface area contributed by atoms with Crippen LogP contribution in [0.2, 0.25) is 0 Å². The highest BCUT2D eigenvalue weighted by Gasteiger charge is 2.12. The quantitative estimate of drug-likeness (QED) is 0.608. The average Bonchev–Trinajstić information content (AvgIpc) is 2.45. The summed E-state index contributed by atoms with van der Waals surface area (Å²) in [6, 6.07) is 0. The van der Waals surface area contributed by atoms with Gasteiger partial charge in [0, 0.05) is 14.1 Å². The van der Waals surface area contributed by atoms with Gasteiger partial charge in [-0.05, 0) is 6.92 Å². The molecule has 0 spiro atoms. The molecule has 6 heteroatoms. The van der Waals surface area contributed by atoms with E-state index in [2.05, 4.69) is 15.3 Å². The standard InChI is InChI=1S/C8H15N5O/c1-5-11-7(9)8(12-5)13(3)4-6(14)10-2/h4,9H2,1-3H3,(H,10,14)(H,11,12). The molecule has 1 heterocycles. The molecule has 1 aromatic heterocycles. The van der Waals surface area contributed by atoms with Crippen molar-refractivity contribution in [3.8, 4) is 0 Å². The summed E-state index contributed by atoms with van der Waals surface area (Å²) in [4.78, 5) is 19.8. The maximum absolute atomic E-state index is 11.1. The number of likely N-dealkylation sites (N-methyl/N-ethyl adjacent to an activating group) is 2. The predicted molar refractivity (Wildman–Crippen MR) is 55.1 cm³/mol. The molecular weight excluding hydrogens is 182 g/mol. The highest BCUT2D eigenvalue weighted by atomic mass is 16.1. The minimum Gasteiger partial charge on any atom is -0.382 e. The number of anilines is 2. The first-order valence-electron chi connectivity index (χ1n) is 4.28. The fraction of sp³-hybridized carbons (Fsp3) is 0.500. The Balaban J connectivity index is 2.73. The van der Waals surface area contributed by atoms with Crippen LogP contribution in [0.25, 0.3) is 0 Å². The molecule has 0 radical (unpaired) electrons. The minimum atomic E-state index is -0.0763. The van der Waals surface area contributed by atoms with E-state index in [9.17, 15) is 4.79 Å². The van der Waals surface area contributed by atoms with Crippen molar-refractivity contribution in [3.63, 3.8) is 0 Å². The first-order chi connectivity index (χ1) is 6.54. The zero-order chi connectivity index (χ0) is 10.7. The first-order valence-corrected chi connectivity index (χ1v) is 4.28. The number of carbonyl (C=O) groups excluding carboxylic acids is 1. The molecule has 0 atom stereocenters. The molecular formula is C8H15N5O. The number of hydrogen-bond donors (Lipinski definition) is 3. The third kappa shape index (κ3) is 2.15. The predicted octanol–water partition coefficient (Wildman–Crippen LogP) is -0.517. The summed E-state index contributed by atoms with van der Waals surface area (Å²) in [5, 5.41) is 2.53. The molecule has 0 aliphatic heterocycles. The Labute approximate surface area is 82.5 Å². The van der Waals surface area contributed by atoms with E-state index >= 15 is 0 Å². The SMILES string of the molecule is CNC(=O)CN(C)c1nc(C)[nH]c1N. The van der Waals surface area contributed by atoms with Gasteiger partial charge < -0.3 is 20.9 Å². The second-order valence-electron chi connectivity index (χ2n) is 3.09. The highest BCUT2D eigenvalue weighted by molar-refractivity contribution is 5.81. The van der Waals surface area contributed by atoms with Crippen molar-refractivity contribution in [1.29, 1.82) is 0 Å². The van der Waals surface area contributed by atoms with Crippen LogP contribution in [0.5, 0.6) is 0 Å². The Morgan fingerprint density at radius 3 is 2.79 bits per heavy atom. The third-order valence-corrected chi connectivity index (χ3v) is 1.85. The van der Waals surface area contributed by atoms with Gasteiger partial charge in [-0.3, -0.25) is 4.79 Å². The van der Waals surface area contributed by atoms with Crippen molar-refractivity contribution < 1.29 is 4.79 Å². The second-order valence-corrected chi connectivity index (χ2v) is 3.09. The Morgan fingerprint density at radius 1 is 1.71 bits per heavy atom. The van der Waals surface area contributed by atoms with Crippen molar-refractivity contribution >= 4 is 17.5 Å². The molecule has 1 aromatic rings. The summed E-state index contributed by atoms with van der Waals surface area (Å²) in [7, 11) is 3.36. The van der Waals surface area contributed by atoms with E-state index in [0.717, 1.165) is 5.82 Å². The molecule has 14 heavy (non-hydrogen) atoms. The molecule has 0 aliphatic carbocycles. The lowest BCUT2D eigenvalue weighted by Gasteiger charge is -2.15. The molecule has 0 aliphatic rings. The molecule has 0 unspecified atom stereocenters. The summed E-state index contributed by atoms with van der Waals surface area (Å²) < 4.78 is 0. The number of nitrogens with two attached hydrogens (primary N) is 1. The zero-order valence-electron chi connectivity index (χ0n) is 8.59. The van der Waals surface area contributed by atoms with Gasteiger partial charge in [0.2, 0.25) is 5.91 Å². The van der Waals surface area contributed by atoms with Crippen LogP contribution >= 0.6 is 0 Å². The van der Waals surface area contributed by atoms with E-state index in [1.165, 1.54) is 0 Å². The Morgan fingerprint density at radius 2 is 2.36 bits per heavy atom. The van der Waals surface area contributed by atoms with Crippen LogP contribution in [0.3, 0.4) is 0 Å². The monoisotopic (exact) mass is 197 g/mol. The molecule has 0 bridgehead atoms. The van der Waals surface area contributed by atoms with Gasteiger partial charge in [0.1, 0.15) is 11.6 Å². The molecule has 6 nitrogen and oxygen atoms in total. The number of nitrogen functional groups attached to an aromatic ring is 1. The van der Waals surface area contributed by atoms with Crippen LogP contribution in [-0.4, -0.2) is 36.5 Å². The largest absolute Gasteiger partial charge is 0.382 e. The van der Waals surface area contributed by atoms with Crippen LogP contribution < -0.4 is 16.0 Å². The van der Waals surface area contributed by atoms with Gasteiger partial charge >= 0.3 is 0 Å². The highest BCUT2D eigenvalue weighted by Crippen LogP contribution is 2.17. The van der Waals surface area contributed by atoms with E-state index < -0.39 is 0 Å². The summed E-state index contributed by atoms with van der Waals surface area (Å²) in [5.74, 6) is 1.74. The second kappa shape index (κ2) is 3.99. The van der Waals surface area contributed by atoms with Crippen molar-refractivity contribution in [2.24, 2.45) is 0 Å². The van der Waals surface area contributed by atoms with Gasteiger partial charge in [-0.25, -0.2) is 4.98 Å². The molecule has 0 saturated carbocycles. The van der Waals surface area contributed by atoms with Crippen molar-refractivity contribution in [1.82, 2.24) is 15.3 Å². The van der Waals surface area contributed by atoms with E-state index in [0.29, 0.717) is 11.6 Å². The van der Waals surface area contributed by atoms with Crippen LogP contribution in [0.1, 0.15) is 5.82 Å². The average molecular weight is 197 g/mol. The molecule has 0 aromatic carbocycles. The number of hydrogen-bond acceptors (Lipinski definition) is 4. The summed E-state index contributed by atoms with van der Waals surface area (Å²) in [5.41, 5.74) is 5.67. The molecule has 0 saturated heterocycles. The van der Waals surface area contributed by atoms with Crippen LogP contribution in [0.4, 0.5) is 11.6 Å². The number of aromatic amines is 1. The summed E-state index contributed by atoms with van der Waals surface area (Å²) in [6.07, 6.45) is 0. The topological polar surface area (TPSA) is 87.0 Å². The first kappa shape index (κ1) is 10.4. The fourth-order valence-corrected chi connectivity index (χ4v) is 1.16. The smallest absolute Gasteiger partial charge is 0.239 e. The molecule has 1 amide bonds. The molecule has 1 rings (SSSR count). The van der Waals surface area contributed by atoms with Crippen LogP contribution in [0.15, 0.2) is 0 Å². The maximum Gasteiger partial charge on any atom is 0.239 e. The Kier molecular flexibility index (Phi) is 2.95. The van der Waals surface area contributed by atoms with E-state index in [1.807, 2.05) is 6.92 Å². The normalized spacial score (nSPS) is 9.93. The number of nitrogens with one attached hydrogen (secondary N) is 2. The van der Waals surface area contributed by atoms with Gasteiger partial charge in [0.25, 0.3) is 0 Å². The van der Waals surface area contributed by atoms with Gasteiger partial charge in [-0.1, -0.05) is 0 Å². The lowest BCUT2D eigenvalue weighted by molar-refractivity contribution is -0.119. The lowest BCUT2D eigenvalue weighted by Crippen LogP contribution is -2.33. The van der Waals surface area contributed by atoms with E-state index in [-0.39, 0.29) is 12.5 Å². The Bertz CT molecular complexity index is 332. The lowest BCUT2D eigenvalue weighted by atomic mass is 10.5. The number of rotatable bonds is 3. The molecule has 78 valence electrons. The number of carbonyl (C=O) groups is 1. The van der Waals surface area contributed by atoms with Gasteiger partial charge in [0.05, 0.1) is 6.54 Å². The summed E-state index contributed by atoms with van der Waals surface area (Å²) in [6.45, 7) is 2.05. The number of amides is 1. The fourth-order valence-electron chi connectivity index (χ4n) is 1.16. The van der Waals surface area contributed by atoms with Crippen molar-refractivity contribution in [2.75, 3.05) is 31.3 Å². The number of H-pyrrole nitrogens is 1. The number of nitrogens with zero attached hydrogens (tertiary/aromatic N) is 2. The van der Waals surface area contributed by atoms with Gasteiger partial charge in [-0.2, -0.15) is 0 Å². The van der Waals surface area contributed by atoms with E-state index in [4.69, 9.17) is 5.73 Å². The number of aryl methyl sites for hydroxylation is 1. The Hall–Kier alpha value is -1.72. The number of aromatic nitrogens is 2. The minimum absolute atomic E-state index is 0.0763. The zero-order valence-corrected chi connectivity index (χ0v) is 8.59. The summed E-state index contributed by atoms with van der Waals surface area (Å²) >= 11 is 0. The van der Waals surface area contributed by atoms with Crippen molar-refractivity contribution in [2.45, 2.75) is 6.92 Å².